The van der Waals surface area contributed by atoms with E-state index in [2.05, 4.69) is 17.6 Å². The molecule has 0 aromatic heterocycles. The summed E-state index contributed by atoms with van der Waals surface area (Å²) in [6.45, 7) is 0. The third-order valence-electron chi connectivity index (χ3n) is 0.553. The van der Waals surface area contributed by atoms with Gasteiger partial charge in [0.1, 0.15) is 4.71 Å². The van der Waals surface area contributed by atoms with E-state index in [1.165, 1.54) is 0 Å². The molecule has 0 radical (unpaired) electrons. The molecule has 0 spiro atoms. The summed E-state index contributed by atoms with van der Waals surface area (Å²) in [4.78, 5) is 3.94. The Hall–Kier alpha value is 0.370. The van der Waals surface area contributed by atoms with E-state index in [4.69, 9.17) is 0 Å². The quantitative estimate of drug-likeness (QED) is 0.469. The zero-order chi connectivity index (χ0) is 4.41. The van der Waals surface area contributed by atoms with Crippen LogP contribution in [0, 0.1) is 0 Å². The Morgan fingerprint density at radius 1 is 2.00 bits per heavy atom. The molecule has 6 heavy (non-hydrogen) atoms. The first-order valence-electron chi connectivity index (χ1n) is 1.71. The van der Waals surface area contributed by atoms with Gasteiger partial charge in [0.15, 0.2) is 0 Å². The summed E-state index contributed by atoms with van der Waals surface area (Å²) in [5.41, 5.74) is 0. The van der Waals surface area contributed by atoms with E-state index in [1.54, 1.807) is 11.8 Å². The lowest BCUT2D eigenvalue weighted by atomic mass is 10.9. The van der Waals surface area contributed by atoms with Gasteiger partial charge in [-0.15, -0.1) is 24.4 Å². The van der Waals surface area contributed by atoms with E-state index in [9.17, 15) is 0 Å². The van der Waals surface area contributed by atoms with Crippen molar-refractivity contribution in [2.75, 3.05) is 5.75 Å². The fourth-order valence-electron chi connectivity index (χ4n) is 0.305. The molecule has 0 N–H and O–H groups in total. The monoisotopic (exact) mass is 119 g/mol. The lowest BCUT2D eigenvalue weighted by Gasteiger charge is -1.87. The molecule has 1 unspecified atom stereocenters. The van der Waals surface area contributed by atoms with Crippen LogP contribution in [0.15, 0.2) is 4.99 Å². The Kier molecular flexibility index (Phi) is 1.42. The van der Waals surface area contributed by atoms with Crippen LogP contribution < -0.4 is 0 Å². The van der Waals surface area contributed by atoms with Crippen LogP contribution >= 0.6 is 24.4 Å². The van der Waals surface area contributed by atoms with Crippen molar-refractivity contribution in [3.8, 4) is 0 Å². The van der Waals surface area contributed by atoms with Crippen molar-refractivity contribution in [1.82, 2.24) is 0 Å². The Labute approximate surface area is 46.6 Å². The minimum atomic E-state index is 0.227. The predicted molar refractivity (Wildman–Crippen MR) is 33.7 cm³/mol. The van der Waals surface area contributed by atoms with Gasteiger partial charge < -0.3 is 0 Å². The second-order valence-corrected chi connectivity index (χ2v) is 2.94. The first-order chi connectivity index (χ1) is 2.89. The van der Waals surface area contributed by atoms with Crippen molar-refractivity contribution in [1.29, 1.82) is 0 Å². The first kappa shape index (κ1) is 4.53. The molecule has 1 aliphatic heterocycles. The molecule has 0 aliphatic carbocycles. The summed E-state index contributed by atoms with van der Waals surface area (Å²) in [6, 6.07) is 0. The minimum absolute atomic E-state index is 0.227. The molecule has 0 bridgehead atoms. The highest BCUT2D eigenvalue weighted by Gasteiger charge is 2.01. The van der Waals surface area contributed by atoms with Crippen LogP contribution in [0.3, 0.4) is 0 Å². The van der Waals surface area contributed by atoms with Gasteiger partial charge in [0.2, 0.25) is 0 Å². The van der Waals surface area contributed by atoms with E-state index in [1.807, 2.05) is 6.21 Å². The average Bonchev–Trinajstić information content (AvgIpc) is 1.86. The SMILES string of the molecule is SC1N=CCS1. The van der Waals surface area contributed by atoms with Gasteiger partial charge in [-0.2, -0.15) is 0 Å². The van der Waals surface area contributed by atoms with Crippen LogP contribution in [-0.2, 0) is 0 Å². The van der Waals surface area contributed by atoms with Gasteiger partial charge in [0, 0.05) is 12.0 Å². The van der Waals surface area contributed by atoms with Crippen molar-refractivity contribution < 1.29 is 0 Å². The van der Waals surface area contributed by atoms with Crippen LogP contribution in [0.1, 0.15) is 0 Å². The third kappa shape index (κ3) is 0.914. The van der Waals surface area contributed by atoms with Crippen molar-refractivity contribution in [3.05, 3.63) is 0 Å². The highest BCUT2D eigenvalue weighted by atomic mass is 32.2. The Morgan fingerprint density at radius 2 is 2.83 bits per heavy atom. The summed E-state index contributed by atoms with van der Waals surface area (Å²) in [5, 5.41) is 0. The molecule has 0 saturated heterocycles. The van der Waals surface area contributed by atoms with Gasteiger partial charge in [-0.3, -0.25) is 4.99 Å². The summed E-state index contributed by atoms with van der Waals surface area (Å²) in [5.74, 6) is 1.04. The number of aliphatic imine (C=N–C) groups is 1. The van der Waals surface area contributed by atoms with Gasteiger partial charge in [0.25, 0.3) is 0 Å². The van der Waals surface area contributed by atoms with E-state index < -0.39 is 0 Å². The number of rotatable bonds is 0. The Balaban J connectivity index is 2.38. The number of nitrogens with zero attached hydrogens (tertiary/aromatic N) is 1. The molecule has 0 aromatic carbocycles. The summed E-state index contributed by atoms with van der Waals surface area (Å²) < 4.78 is 0.227. The molecule has 3 heteroatoms. The van der Waals surface area contributed by atoms with Gasteiger partial charge in [0.05, 0.1) is 0 Å². The van der Waals surface area contributed by atoms with Gasteiger partial charge in [-0.05, 0) is 0 Å². The first-order valence-corrected chi connectivity index (χ1v) is 3.27. The van der Waals surface area contributed by atoms with Crippen molar-refractivity contribution in [2.24, 2.45) is 4.99 Å². The lowest BCUT2D eigenvalue weighted by Crippen LogP contribution is -1.73. The smallest absolute Gasteiger partial charge is 0.138 e. The van der Waals surface area contributed by atoms with Crippen LogP contribution in [0.2, 0.25) is 0 Å². The van der Waals surface area contributed by atoms with Crippen LogP contribution in [0.5, 0.6) is 0 Å². The molecule has 0 saturated carbocycles. The molecule has 0 aromatic rings. The predicted octanol–water partition coefficient (Wildman–Crippen LogP) is 1.02. The van der Waals surface area contributed by atoms with Crippen LogP contribution in [-0.4, -0.2) is 16.7 Å². The fourth-order valence-corrected chi connectivity index (χ4v) is 1.17. The van der Waals surface area contributed by atoms with Crippen molar-refractivity contribution in [3.63, 3.8) is 0 Å². The molecule has 1 heterocycles. The highest BCUT2D eigenvalue weighted by molar-refractivity contribution is 8.11. The molecule has 1 rings (SSSR count). The van der Waals surface area contributed by atoms with E-state index in [0.29, 0.717) is 0 Å². The minimum Gasteiger partial charge on any atom is -0.272 e. The number of thioether (sulfide) groups is 1. The normalized spacial score (nSPS) is 31.8. The average molecular weight is 119 g/mol. The maximum atomic E-state index is 4.06. The number of hydrogen-bond acceptors (Lipinski definition) is 3. The maximum Gasteiger partial charge on any atom is 0.138 e. The van der Waals surface area contributed by atoms with Crippen molar-refractivity contribution >= 4 is 30.6 Å². The molecule has 1 nitrogen and oxygen atoms in total. The molecule has 1 aliphatic rings. The number of thiol groups is 1. The van der Waals surface area contributed by atoms with Gasteiger partial charge >= 0.3 is 0 Å². The van der Waals surface area contributed by atoms with Crippen LogP contribution in [0.25, 0.3) is 0 Å². The maximum absolute atomic E-state index is 4.06. The molecule has 0 fully saturated rings. The number of hydrogen-bond donors (Lipinski definition) is 1. The molecule has 1 atom stereocenters. The van der Waals surface area contributed by atoms with Gasteiger partial charge in [-0.1, -0.05) is 0 Å². The zero-order valence-corrected chi connectivity index (χ0v) is 4.88. The summed E-state index contributed by atoms with van der Waals surface area (Å²) in [6.07, 6.45) is 1.89. The van der Waals surface area contributed by atoms with Crippen molar-refractivity contribution in [2.45, 2.75) is 4.71 Å². The standard InChI is InChI=1S/C3H5NS2/c5-3-4-1-2-6-3/h1,3,5H,2H2. The fraction of sp³-hybridized carbons (Fsp3) is 0.667. The lowest BCUT2D eigenvalue weighted by molar-refractivity contribution is 1.35. The summed E-state index contributed by atoms with van der Waals surface area (Å²) >= 11 is 5.80. The Bertz CT molecular complexity index is 71.2. The molecule has 34 valence electrons. The molecule has 0 amide bonds. The topological polar surface area (TPSA) is 12.4 Å². The van der Waals surface area contributed by atoms with E-state index in [0.717, 1.165) is 5.75 Å². The second kappa shape index (κ2) is 1.89. The highest BCUT2D eigenvalue weighted by Crippen LogP contribution is 2.18. The van der Waals surface area contributed by atoms with E-state index >= 15 is 0 Å². The molecular weight excluding hydrogens is 114 g/mol. The van der Waals surface area contributed by atoms with Gasteiger partial charge in [-0.25, -0.2) is 0 Å². The Morgan fingerprint density at radius 3 is 3.00 bits per heavy atom. The van der Waals surface area contributed by atoms with E-state index in [-0.39, 0.29) is 4.71 Å². The largest absolute Gasteiger partial charge is 0.272 e. The van der Waals surface area contributed by atoms with Crippen LogP contribution in [0.4, 0.5) is 0 Å². The molecular formula is C3H5NS2. The zero-order valence-electron chi connectivity index (χ0n) is 3.16. The summed E-state index contributed by atoms with van der Waals surface area (Å²) in [7, 11) is 0. The second-order valence-electron chi connectivity index (χ2n) is 0.991. The third-order valence-corrected chi connectivity index (χ3v) is 1.89.